The summed E-state index contributed by atoms with van der Waals surface area (Å²) in [5.74, 6) is 0.817. The molecule has 5 N–H and O–H groups in total. The lowest BCUT2D eigenvalue weighted by Gasteiger charge is -2.08. The number of hydrogen-bond acceptors (Lipinski definition) is 7. The molecule has 10 nitrogen and oxygen atoms in total. The zero-order valence-electron chi connectivity index (χ0n) is 18.2. The van der Waals surface area contributed by atoms with E-state index in [4.69, 9.17) is 31.1 Å². The number of amides is 2. The van der Waals surface area contributed by atoms with Gasteiger partial charge in [-0.25, -0.2) is 28.8 Å². The van der Waals surface area contributed by atoms with Gasteiger partial charge in [-0.05, 0) is 54.6 Å². The number of rotatable bonds is 6. The molecule has 4 rings (SSSR count). The Hall–Kier alpha value is -3.90. The Labute approximate surface area is 205 Å². The second-order valence-corrected chi connectivity index (χ2v) is 9.17. The van der Waals surface area contributed by atoms with Gasteiger partial charge in [-0.15, -0.1) is 0 Å². The largest absolute Gasteiger partial charge is 0.495 e. The van der Waals surface area contributed by atoms with E-state index in [0.29, 0.717) is 33.3 Å². The summed E-state index contributed by atoms with van der Waals surface area (Å²) >= 11 is 6.32. The van der Waals surface area contributed by atoms with Gasteiger partial charge in [0, 0.05) is 22.4 Å². The fraction of sp³-hybridized carbons (Fsp3) is 0.0435. The number of urea groups is 1. The minimum atomic E-state index is -4.07. The van der Waals surface area contributed by atoms with Crippen LogP contribution in [0.4, 0.5) is 10.5 Å². The predicted molar refractivity (Wildman–Crippen MR) is 130 cm³/mol. The molecule has 0 aliphatic heterocycles. The number of carbonyl (C=O) groups excluding carboxylic acids is 1. The minimum Gasteiger partial charge on any atom is -0.495 e. The third-order valence-corrected chi connectivity index (χ3v) is 6.25. The van der Waals surface area contributed by atoms with Gasteiger partial charge in [-0.1, -0.05) is 23.7 Å². The Bertz CT molecular complexity index is 1500. The van der Waals surface area contributed by atoms with Gasteiger partial charge in [0.2, 0.25) is 15.9 Å². The summed E-state index contributed by atoms with van der Waals surface area (Å²) < 4.78 is 35.8. The first-order valence-corrected chi connectivity index (χ1v) is 11.9. The Kier molecular flexibility index (Phi) is 6.76. The molecule has 0 saturated heterocycles. The number of ether oxygens (including phenoxy) is 1. The number of carbonyl (C=O) groups is 1. The molecule has 35 heavy (non-hydrogen) atoms. The molecule has 3 aromatic carbocycles. The molecule has 2 amide bonds. The van der Waals surface area contributed by atoms with E-state index in [1.807, 2.05) is 0 Å². The standard InChI is InChI=1S/C23H19ClN4O6S/c1-33-18-11-8-14(12-17(18)24)20-21(16-4-2-3-5-19(16)35(25,31)32)34-22(27-20)13-6-9-15(10-7-13)26-23(29)28-30/h2-12,30H,1H3,(H2,25,31,32)(H2,26,28,29). The predicted octanol–water partition coefficient (Wildman–Crippen LogP) is 4.50. The van der Waals surface area contributed by atoms with Gasteiger partial charge in [0.1, 0.15) is 11.4 Å². The van der Waals surface area contributed by atoms with Crippen molar-refractivity contribution < 1.29 is 27.6 Å². The van der Waals surface area contributed by atoms with E-state index in [1.165, 1.54) is 18.7 Å². The smallest absolute Gasteiger partial charge is 0.342 e. The Morgan fingerprint density at radius 2 is 1.77 bits per heavy atom. The average molecular weight is 515 g/mol. The highest BCUT2D eigenvalue weighted by Crippen LogP contribution is 2.40. The first kappa shape index (κ1) is 24.2. The number of methoxy groups -OCH3 is 1. The van der Waals surface area contributed by atoms with Crippen molar-refractivity contribution in [2.24, 2.45) is 5.14 Å². The van der Waals surface area contributed by atoms with Crippen molar-refractivity contribution in [3.05, 3.63) is 71.8 Å². The van der Waals surface area contributed by atoms with Gasteiger partial charge in [-0.2, -0.15) is 0 Å². The third-order valence-electron chi connectivity index (χ3n) is 4.98. The fourth-order valence-corrected chi connectivity index (χ4v) is 4.39. The van der Waals surface area contributed by atoms with Crippen LogP contribution in [0.25, 0.3) is 34.0 Å². The lowest BCUT2D eigenvalue weighted by Crippen LogP contribution is -2.24. The van der Waals surface area contributed by atoms with Crippen molar-refractivity contribution >= 4 is 33.3 Å². The van der Waals surface area contributed by atoms with Crippen LogP contribution >= 0.6 is 11.6 Å². The summed E-state index contributed by atoms with van der Waals surface area (Å²) in [6, 6.07) is 16.8. The van der Waals surface area contributed by atoms with E-state index < -0.39 is 16.1 Å². The van der Waals surface area contributed by atoms with Gasteiger partial charge in [0.05, 0.1) is 17.0 Å². The van der Waals surface area contributed by atoms with Crippen LogP contribution in [0.2, 0.25) is 5.02 Å². The zero-order chi connectivity index (χ0) is 25.2. The third kappa shape index (κ3) is 5.12. The highest BCUT2D eigenvalue weighted by atomic mass is 35.5. The van der Waals surface area contributed by atoms with Crippen LogP contribution in [0.1, 0.15) is 0 Å². The molecular formula is C23H19ClN4O6S. The molecule has 0 aliphatic carbocycles. The quantitative estimate of drug-likeness (QED) is 0.218. The van der Waals surface area contributed by atoms with E-state index in [0.717, 1.165) is 0 Å². The first-order chi connectivity index (χ1) is 16.7. The van der Waals surface area contributed by atoms with E-state index in [1.54, 1.807) is 60.7 Å². The maximum Gasteiger partial charge on any atom is 0.342 e. The molecule has 0 unspecified atom stereocenters. The van der Waals surface area contributed by atoms with Crippen molar-refractivity contribution in [1.29, 1.82) is 0 Å². The van der Waals surface area contributed by atoms with Crippen molar-refractivity contribution in [3.63, 3.8) is 0 Å². The Morgan fingerprint density at radius 3 is 2.40 bits per heavy atom. The van der Waals surface area contributed by atoms with Gasteiger partial charge < -0.3 is 14.5 Å². The second kappa shape index (κ2) is 9.76. The highest BCUT2D eigenvalue weighted by molar-refractivity contribution is 7.89. The molecular weight excluding hydrogens is 496 g/mol. The summed E-state index contributed by atoms with van der Waals surface area (Å²) in [7, 11) is -2.58. The number of hydrogen-bond donors (Lipinski definition) is 4. The van der Waals surface area contributed by atoms with Crippen LogP contribution in [0, 0.1) is 0 Å². The van der Waals surface area contributed by atoms with Crippen LogP contribution in [0.5, 0.6) is 5.75 Å². The zero-order valence-corrected chi connectivity index (χ0v) is 19.7. The maximum absolute atomic E-state index is 12.3. The summed E-state index contributed by atoms with van der Waals surface area (Å²) in [6.45, 7) is 0. The lowest BCUT2D eigenvalue weighted by atomic mass is 10.1. The maximum atomic E-state index is 12.3. The topological polar surface area (TPSA) is 157 Å². The van der Waals surface area contributed by atoms with Crippen molar-refractivity contribution in [1.82, 2.24) is 10.5 Å². The Morgan fingerprint density at radius 1 is 1.09 bits per heavy atom. The van der Waals surface area contributed by atoms with E-state index >= 15 is 0 Å². The molecule has 4 aromatic rings. The molecule has 12 heteroatoms. The fourth-order valence-electron chi connectivity index (χ4n) is 3.39. The molecule has 0 radical (unpaired) electrons. The number of nitrogens with zero attached hydrogens (tertiary/aromatic N) is 1. The number of hydroxylamine groups is 1. The molecule has 180 valence electrons. The van der Waals surface area contributed by atoms with Crippen LogP contribution in [-0.4, -0.2) is 31.7 Å². The van der Waals surface area contributed by atoms with Crippen molar-refractivity contribution in [2.45, 2.75) is 4.90 Å². The normalized spacial score (nSPS) is 11.2. The number of primary sulfonamides is 1. The molecule has 0 saturated carbocycles. The van der Waals surface area contributed by atoms with Crippen LogP contribution in [-0.2, 0) is 10.0 Å². The monoisotopic (exact) mass is 514 g/mol. The van der Waals surface area contributed by atoms with Gasteiger partial charge in [-0.3, -0.25) is 5.21 Å². The molecule has 0 spiro atoms. The Balaban J connectivity index is 1.88. The first-order valence-electron chi connectivity index (χ1n) is 9.99. The molecule has 0 atom stereocenters. The molecule has 0 bridgehead atoms. The van der Waals surface area contributed by atoms with Crippen LogP contribution < -0.4 is 20.7 Å². The number of anilines is 1. The van der Waals surface area contributed by atoms with E-state index in [-0.39, 0.29) is 22.1 Å². The number of oxazole rings is 1. The summed E-state index contributed by atoms with van der Waals surface area (Å²) in [5, 5.41) is 16.9. The number of aromatic nitrogens is 1. The van der Waals surface area contributed by atoms with E-state index in [9.17, 15) is 13.2 Å². The molecule has 0 fully saturated rings. The minimum absolute atomic E-state index is 0.127. The highest BCUT2D eigenvalue weighted by Gasteiger charge is 2.24. The van der Waals surface area contributed by atoms with Crippen LogP contribution in [0.3, 0.4) is 0 Å². The molecule has 1 heterocycles. The van der Waals surface area contributed by atoms with Gasteiger partial charge >= 0.3 is 6.03 Å². The van der Waals surface area contributed by atoms with Crippen LogP contribution in [0.15, 0.2) is 76.0 Å². The number of nitrogens with two attached hydrogens (primary N) is 1. The second-order valence-electron chi connectivity index (χ2n) is 7.23. The number of sulfonamides is 1. The van der Waals surface area contributed by atoms with Gasteiger partial charge in [0.25, 0.3) is 0 Å². The summed E-state index contributed by atoms with van der Waals surface area (Å²) in [6.07, 6.45) is 0. The average Bonchev–Trinajstić information content (AvgIpc) is 3.29. The summed E-state index contributed by atoms with van der Waals surface area (Å²) in [4.78, 5) is 15.8. The molecule has 1 aromatic heterocycles. The van der Waals surface area contributed by atoms with Gasteiger partial charge in [0.15, 0.2) is 5.76 Å². The van der Waals surface area contributed by atoms with E-state index in [2.05, 4.69) is 10.3 Å². The number of halogens is 1. The lowest BCUT2D eigenvalue weighted by molar-refractivity contribution is 0.172. The van der Waals surface area contributed by atoms with Crippen molar-refractivity contribution in [3.8, 4) is 39.8 Å². The SMILES string of the molecule is COc1ccc(-c2nc(-c3ccc(NC(=O)NO)cc3)oc2-c2ccccc2S(N)(=O)=O)cc1Cl. The number of benzene rings is 3. The summed E-state index contributed by atoms with van der Waals surface area (Å²) in [5.41, 5.74) is 3.55. The van der Waals surface area contributed by atoms with Crippen molar-refractivity contribution in [2.75, 3.05) is 12.4 Å². The molecule has 0 aliphatic rings. The number of nitrogens with one attached hydrogen (secondary N) is 2.